The Kier molecular flexibility index (Phi) is 3.37. The quantitative estimate of drug-likeness (QED) is 0.752. The van der Waals surface area contributed by atoms with E-state index in [-0.39, 0.29) is 11.3 Å². The first-order chi connectivity index (χ1) is 6.23. The third-order valence-corrected chi connectivity index (χ3v) is 3.34. The molecule has 1 fully saturated rings. The third-order valence-electron chi connectivity index (χ3n) is 2.42. The summed E-state index contributed by atoms with van der Waals surface area (Å²) >= 11 is 11.7. The maximum atomic E-state index is 11.5. The molecule has 1 aliphatic carbocycles. The fourth-order valence-corrected chi connectivity index (χ4v) is 1.80. The lowest BCUT2D eigenvalue weighted by Gasteiger charge is -2.17. The van der Waals surface area contributed by atoms with E-state index in [9.17, 15) is 4.79 Å². The van der Waals surface area contributed by atoms with Gasteiger partial charge in [0, 0.05) is 12.0 Å². The van der Waals surface area contributed by atoms with Gasteiger partial charge in [0.15, 0.2) is 0 Å². The lowest BCUT2D eigenvalue weighted by Crippen LogP contribution is -2.35. The van der Waals surface area contributed by atoms with Crippen molar-refractivity contribution < 1.29 is 4.79 Å². The predicted octanol–water partition coefficient (Wildman–Crippen LogP) is 2.73. The standard InChI is InChI=1S/C10H17Cl2NO/c1-9(2,3)8(14)13-5-4-7-6-10(7,11)12/h7H,4-6H2,1-3H3,(H,13,14). The molecule has 0 aromatic rings. The molecule has 0 aromatic heterocycles. The van der Waals surface area contributed by atoms with Crippen molar-refractivity contribution >= 4 is 29.1 Å². The van der Waals surface area contributed by atoms with Crippen molar-refractivity contribution in [3.05, 3.63) is 0 Å². The minimum absolute atomic E-state index is 0.0768. The van der Waals surface area contributed by atoms with Crippen molar-refractivity contribution in [1.29, 1.82) is 0 Å². The molecule has 0 aliphatic heterocycles. The Balaban J connectivity index is 2.14. The zero-order valence-corrected chi connectivity index (χ0v) is 10.4. The van der Waals surface area contributed by atoms with Gasteiger partial charge in [-0.25, -0.2) is 0 Å². The lowest BCUT2D eigenvalue weighted by atomic mass is 9.96. The molecule has 1 atom stereocenters. The maximum absolute atomic E-state index is 11.5. The summed E-state index contributed by atoms with van der Waals surface area (Å²) in [4.78, 5) is 11.5. The zero-order chi connectivity index (χ0) is 11.0. The molecule has 1 rings (SSSR count). The topological polar surface area (TPSA) is 29.1 Å². The molecule has 0 bridgehead atoms. The molecule has 1 aliphatic rings. The van der Waals surface area contributed by atoms with Gasteiger partial charge in [-0.2, -0.15) is 0 Å². The fraction of sp³-hybridized carbons (Fsp3) is 0.900. The summed E-state index contributed by atoms with van der Waals surface area (Å²) in [5.41, 5.74) is -0.317. The first kappa shape index (κ1) is 12.1. The van der Waals surface area contributed by atoms with Crippen molar-refractivity contribution in [2.45, 2.75) is 37.9 Å². The van der Waals surface area contributed by atoms with E-state index in [0.29, 0.717) is 12.5 Å². The van der Waals surface area contributed by atoms with E-state index in [2.05, 4.69) is 5.32 Å². The zero-order valence-electron chi connectivity index (χ0n) is 8.86. The van der Waals surface area contributed by atoms with Crippen LogP contribution in [-0.4, -0.2) is 16.8 Å². The molecule has 82 valence electrons. The van der Waals surface area contributed by atoms with Crippen molar-refractivity contribution in [1.82, 2.24) is 5.32 Å². The molecule has 0 heterocycles. The summed E-state index contributed by atoms with van der Waals surface area (Å²) in [5, 5.41) is 2.88. The number of amides is 1. The molecule has 1 unspecified atom stereocenters. The van der Waals surface area contributed by atoms with Gasteiger partial charge in [-0.1, -0.05) is 20.8 Å². The largest absolute Gasteiger partial charge is 0.356 e. The van der Waals surface area contributed by atoms with Gasteiger partial charge in [0.25, 0.3) is 0 Å². The monoisotopic (exact) mass is 237 g/mol. The number of halogens is 2. The van der Waals surface area contributed by atoms with Crippen molar-refractivity contribution in [3.8, 4) is 0 Å². The minimum Gasteiger partial charge on any atom is -0.356 e. The van der Waals surface area contributed by atoms with Crippen LogP contribution in [0.2, 0.25) is 0 Å². The number of hydrogen-bond acceptors (Lipinski definition) is 1. The van der Waals surface area contributed by atoms with Crippen molar-refractivity contribution in [2.24, 2.45) is 11.3 Å². The lowest BCUT2D eigenvalue weighted by molar-refractivity contribution is -0.128. The third kappa shape index (κ3) is 3.32. The highest BCUT2D eigenvalue weighted by atomic mass is 35.5. The van der Waals surface area contributed by atoms with Gasteiger partial charge in [-0.3, -0.25) is 4.79 Å². The van der Waals surface area contributed by atoms with E-state index in [4.69, 9.17) is 23.2 Å². The van der Waals surface area contributed by atoms with Crippen LogP contribution in [0.15, 0.2) is 0 Å². The summed E-state index contributed by atoms with van der Waals surface area (Å²) in [6, 6.07) is 0. The Morgan fingerprint density at radius 2 is 2.00 bits per heavy atom. The second-order valence-corrected chi connectivity index (χ2v) is 6.50. The van der Waals surface area contributed by atoms with Gasteiger partial charge in [0.05, 0.1) is 0 Å². The van der Waals surface area contributed by atoms with Crippen molar-refractivity contribution in [3.63, 3.8) is 0 Å². The van der Waals surface area contributed by atoms with E-state index in [1.807, 2.05) is 20.8 Å². The second kappa shape index (κ2) is 3.90. The minimum atomic E-state index is -0.521. The molecule has 0 spiro atoms. The summed E-state index contributed by atoms with van der Waals surface area (Å²) in [5.74, 6) is 0.430. The number of rotatable bonds is 3. The SMILES string of the molecule is CC(C)(C)C(=O)NCCC1CC1(Cl)Cl. The molecule has 2 nitrogen and oxygen atoms in total. The Labute approximate surface area is 95.3 Å². The number of hydrogen-bond donors (Lipinski definition) is 1. The highest BCUT2D eigenvalue weighted by Crippen LogP contribution is 2.54. The smallest absolute Gasteiger partial charge is 0.225 e. The number of carbonyl (C=O) groups excluding carboxylic acids is 1. The number of nitrogens with one attached hydrogen (secondary N) is 1. The van der Waals surface area contributed by atoms with Gasteiger partial charge in [-0.05, 0) is 18.8 Å². The van der Waals surface area contributed by atoms with Crippen LogP contribution >= 0.6 is 23.2 Å². The Hall–Kier alpha value is 0.0500. The molecule has 1 saturated carbocycles. The Morgan fingerprint density at radius 3 is 2.36 bits per heavy atom. The molecule has 0 saturated heterocycles. The normalized spacial score (nSPS) is 24.5. The van der Waals surface area contributed by atoms with Gasteiger partial charge in [0.1, 0.15) is 4.33 Å². The van der Waals surface area contributed by atoms with E-state index in [0.717, 1.165) is 12.8 Å². The molecule has 0 radical (unpaired) electrons. The predicted molar refractivity (Wildman–Crippen MR) is 59.6 cm³/mol. The summed E-state index contributed by atoms with van der Waals surface area (Å²) < 4.78 is -0.521. The summed E-state index contributed by atoms with van der Waals surface area (Å²) in [7, 11) is 0. The maximum Gasteiger partial charge on any atom is 0.225 e. The van der Waals surface area contributed by atoms with Gasteiger partial charge in [-0.15, -0.1) is 23.2 Å². The molecular weight excluding hydrogens is 221 g/mol. The van der Waals surface area contributed by atoms with Crippen LogP contribution < -0.4 is 5.32 Å². The molecule has 1 amide bonds. The van der Waals surface area contributed by atoms with Gasteiger partial charge < -0.3 is 5.32 Å². The van der Waals surface area contributed by atoms with Crippen LogP contribution in [0.1, 0.15) is 33.6 Å². The van der Waals surface area contributed by atoms with E-state index in [1.165, 1.54) is 0 Å². The first-order valence-corrected chi connectivity index (χ1v) is 5.65. The average Bonchev–Trinajstić information content (AvgIpc) is 2.57. The van der Waals surface area contributed by atoms with Crippen LogP contribution in [0.4, 0.5) is 0 Å². The molecular formula is C10H17Cl2NO. The molecule has 4 heteroatoms. The van der Waals surface area contributed by atoms with E-state index in [1.54, 1.807) is 0 Å². The van der Waals surface area contributed by atoms with Crippen LogP contribution in [0, 0.1) is 11.3 Å². The molecule has 0 aromatic carbocycles. The van der Waals surface area contributed by atoms with E-state index < -0.39 is 4.33 Å². The summed E-state index contributed by atoms with van der Waals surface area (Å²) in [6.45, 7) is 6.36. The number of carbonyl (C=O) groups is 1. The van der Waals surface area contributed by atoms with Crippen LogP contribution in [-0.2, 0) is 4.79 Å². The first-order valence-electron chi connectivity index (χ1n) is 4.89. The van der Waals surface area contributed by atoms with Crippen molar-refractivity contribution in [2.75, 3.05) is 6.54 Å². The summed E-state index contributed by atoms with van der Waals surface area (Å²) in [6.07, 6.45) is 1.72. The number of alkyl halides is 2. The van der Waals surface area contributed by atoms with E-state index >= 15 is 0 Å². The van der Waals surface area contributed by atoms with Gasteiger partial charge >= 0.3 is 0 Å². The highest BCUT2D eigenvalue weighted by molar-refractivity contribution is 6.50. The molecule has 1 N–H and O–H groups in total. The average molecular weight is 238 g/mol. The highest BCUT2D eigenvalue weighted by Gasteiger charge is 2.50. The Morgan fingerprint density at radius 1 is 1.50 bits per heavy atom. The second-order valence-electron chi connectivity index (χ2n) is 4.96. The fourth-order valence-electron chi connectivity index (χ4n) is 1.21. The van der Waals surface area contributed by atoms with Gasteiger partial charge in [0.2, 0.25) is 5.91 Å². The van der Waals surface area contributed by atoms with Crippen LogP contribution in [0.25, 0.3) is 0 Å². The van der Waals surface area contributed by atoms with Crippen LogP contribution in [0.5, 0.6) is 0 Å². The van der Waals surface area contributed by atoms with Crippen LogP contribution in [0.3, 0.4) is 0 Å². The molecule has 14 heavy (non-hydrogen) atoms. The Bertz CT molecular complexity index is 233.